The highest BCUT2D eigenvalue weighted by molar-refractivity contribution is 8.09. The second kappa shape index (κ2) is 4.07. The molecule has 1 atom stereocenters. The van der Waals surface area contributed by atoms with Crippen molar-refractivity contribution in [3.8, 4) is 0 Å². The van der Waals surface area contributed by atoms with Crippen LogP contribution in [-0.4, -0.2) is 5.50 Å². The van der Waals surface area contributed by atoms with E-state index >= 15 is 0 Å². The van der Waals surface area contributed by atoms with Gasteiger partial charge in [0.05, 0.1) is 0 Å². The van der Waals surface area contributed by atoms with Gasteiger partial charge in [0.2, 0.25) is 0 Å². The van der Waals surface area contributed by atoms with Crippen LogP contribution in [0.1, 0.15) is 18.1 Å². The van der Waals surface area contributed by atoms with Crippen molar-refractivity contribution < 1.29 is 0 Å². The molecule has 14 heavy (non-hydrogen) atoms. The summed E-state index contributed by atoms with van der Waals surface area (Å²) in [6.45, 7) is 2.16. The summed E-state index contributed by atoms with van der Waals surface area (Å²) in [4.78, 5) is 1.22. The Bertz CT molecular complexity index is 343. The minimum Gasteiger partial charge on any atom is -0.366 e. The highest BCUT2D eigenvalue weighted by Crippen LogP contribution is 2.32. The van der Waals surface area contributed by atoms with Crippen LogP contribution in [0.3, 0.4) is 0 Å². The van der Waals surface area contributed by atoms with E-state index in [0.29, 0.717) is 0 Å². The first kappa shape index (κ1) is 9.62. The van der Waals surface area contributed by atoms with E-state index in [1.807, 2.05) is 6.20 Å². The van der Waals surface area contributed by atoms with E-state index in [2.05, 4.69) is 36.5 Å². The van der Waals surface area contributed by atoms with E-state index in [0.717, 1.165) is 6.42 Å². The molecule has 2 nitrogen and oxygen atoms in total. The maximum absolute atomic E-state index is 5.72. The quantitative estimate of drug-likeness (QED) is 0.778. The molecule has 1 unspecified atom stereocenters. The molecule has 1 aromatic rings. The third kappa shape index (κ3) is 1.94. The van der Waals surface area contributed by atoms with Gasteiger partial charge in [0.15, 0.2) is 0 Å². The fraction of sp³-hybridized carbons (Fsp3) is 0.273. The summed E-state index contributed by atoms with van der Waals surface area (Å²) in [5.74, 6) is 0. The van der Waals surface area contributed by atoms with Crippen LogP contribution in [0.15, 0.2) is 30.5 Å². The monoisotopic (exact) mass is 206 g/mol. The van der Waals surface area contributed by atoms with Crippen LogP contribution in [0.25, 0.3) is 4.91 Å². The van der Waals surface area contributed by atoms with Gasteiger partial charge in [-0.15, -0.1) is 0 Å². The van der Waals surface area contributed by atoms with E-state index in [4.69, 9.17) is 5.73 Å². The zero-order valence-electron chi connectivity index (χ0n) is 8.16. The summed E-state index contributed by atoms with van der Waals surface area (Å²) >= 11 is 1.66. The average molecular weight is 206 g/mol. The van der Waals surface area contributed by atoms with Crippen molar-refractivity contribution in [1.82, 2.24) is 5.32 Å². The molecule has 1 aromatic carbocycles. The Morgan fingerprint density at radius 2 is 2.07 bits per heavy atom. The Morgan fingerprint density at radius 3 is 2.57 bits per heavy atom. The lowest BCUT2D eigenvalue weighted by atomic mass is 10.1. The second-order valence-corrected chi connectivity index (χ2v) is 4.45. The molecule has 0 fully saturated rings. The van der Waals surface area contributed by atoms with Gasteiger partial charge >= 0.3 is 0 Å². The predicted octanol–water partition coefficient (Wildman–Crippen LogP) is 2.13. The molecule has 1 aliphatic rings. The van der Waals surface area contributed by atoms with Gasteiger partial charge in [-0.3, -0.25) is 0 Å². The number of hydrogen-bond donors (Lipinski definition) is 2. The third-order valence-electron chi connectivity index (χ3n) is 2.28. The van der Waals surface area contributed by atoms with Gasteiger partial charge in [0.25, 0.3) is 0 Å². The van der Waals surface area contributed by atoms with Crippen LogP contribution in [0.5, 0.6) is 0 Å². The Morgan fingerprint density at radius 1 is 1.36 bits per heavy atom. The molecule has 2 rings (SSSR count). The third-order valence-corrected chi connectivity index (χ3v) is 3.28. The predicted molar refractivity (Wildman–Crippen MR) is 62.5 cm³/mol. The lowest BCUT2D eigenvalue weighted by Gasteiger charge is -2.04. The molecule has 0 bridgehead atoms. The molecule has 0 aromatic heterocycles. The largest absolute Gasteiger partial charge is 0.366 e. The number of thioether (sulfide) groups is 1. The van der Waals surface area contributed by atoms with Crippen molar-refractivity contribution in [2.75, 3.05) is 0 Å². The fourth-order valence-electron chi connectivity index (χ4n) is 1.42. The summed E-state index contributed by atoms with van der Waals surface area (Å²) in [7, 11) is 0. The second-order valence-electron chi connectivity index (χ2n) is 3.26. The smallest absolute Gasteiger partial charge is 0.127 e. The highest BCUT2D eigenvalue weighted by Gasteiger charge is 2.13. The van der Waals surface area contributed by atoms with Crippen molar-refractivity contribution in [1.29, 1.82) is 0 Å². The number of nitrogens with two attached hydrogens (primary N) is 1. The first-order chi connectivity index (χ1) is 6.79. The summed E-state index contributed by atoms with van der Waals surface area (Å²) < 4.78 is 0. The van der Waals surface area contributed by atoms with Crippen molar-refractivity contribution in [2.24, 2.45) is 5.73 Å². The molecule has 0 spiro atoms. The first-order valence-electron chi connectivity index (χ1n) is 4.77. The molecule has 0 aliphatic carbocycles. The van der Waals surface area contributed by atoms with E-state index in [1.165, 1.54) is 16.0 Å². The molecular formula is C11H14N2S. The molecule has 74 valence electrons. The molecule has 1 heterocycles. The molecular weight excluding hydrogens is 192 g/mol. The highest BCUT2D eigenvalue weighted by atomic mass is 32.2. The molecule has 1 aliphatic heterocycles. The zero-order chi connectivity index (χ0) is 9.97. The van der Waals surface area contributed by atoms with Gasteiger partial charge < -0.3 is 11.1 Å². The fourth-order valence-corrected chi connectivity index (χ4v) is 2.24. The Hall–Kier alpha value is -0.930. The van der Waals surface area contributed by atoms with Crippen molar-refractivity contribution in [2.45, 2.75) is 18.8 Å². The number of hydrogen-bond acceptors (Lipinski definition) is 3. The first-order valence-corrected chi connectivity index (χ1v) is 5.65. The lowest BCUT2D eigenvalue weighted by molar-refractivity contribution is 0.837. The summed E-state index contributed by atoms with van der Waals surface area (Å²) in [6, 6.07) is 8.63. The normalized spacial score (nSPS) is 20.4. The van der Waals surface area contributed by atoms with E-state index in [1.54, 1.807) is 11.8 Å². The van der Waals surface area contributed by atoms with Crippen LogP contribution in [0.2, 0.25) is 0 Å². The van der Waals surface area contributed by atoms with E-state index in [-0.39, 0.29) is 5.50 Å². The average Bonchev–Trinajstić information content (AvgIpc) is 2.65. The van der Waals surface area contributed by atoms with Gasteiger partial charge in [-0.1, -0.05) is 43.0 Å². The number of rotatable bonds is 2. The van der Waals surface area contributed by atoms with Crippen LogP contribution >= 0.6 is 11.8 Å². The minimum atomic E-state index is 0.0100. The van der Waals surface area contributed by atoms with Crippen molar-refractivity contribution in [3.63, 3.8) is 0 Å². The molecule has 3 N–H and O–H groups in total. The summed E-state index contributed by atoms with van der Waals surface area (Å²) in [5, 5.41) is 3.08. The standard InChI is InChI=1S/C11H14N2S/c1-2-8-3-5-9(6-4-8)10-7-13-11(12)14-10/h3-7,11,13H,2,12H2,1H3. The van der Waals surface area contributed by atoms with Crippen LogP contribution < -0.4 is 11.1 Å². The van der Waals surface area contributed by atoms with E-state index in [9.17, 15) is 0 Å². The lowest BCUT2D eigenvalue weighted by Crippen LogP contribution is -2.25. The number of nitrogens with one attached hydrogen (secondary N) is 1. The maximum atomic E-state index is 5.72. The SMILES string of the molecule is CCc1ccc(C2=CNC(N)S2)cc1. The maximum Gasteiger partial charge on any atom is 0.127 e. The Labute approximate surface area is 88.6 Å². The van der Waals surface area contributed by atoms with Gasteiger partial charge in [-0.25, -0.2) is 0 Å². The van der Waals surface area contributed by atoms with Crippen LogP contribution in [0.4, 0.5) is 0 Å². The van der Waals surface area contributed by atoms with E-state index < -0.39 is 0 Å². The number of aryl methyl sites for hydroxylation is 1. The van der Waals surface area contributed by atoms with Gasteiger partial charge in [0, 0.05) is 11.1 Å². The number of benzene rings is 1. The molecule has 0 saturated carbocycles. The van der Waals surface area contributed by atoms with Gasteiger partial charge in [-0.05, 0) is 17.5 Å². The van der Waals surface area contributed by atoms with Crippen molar-refractivity contribution >= 4 is 16.7 Å². The zero-order valence-corrected chi connectivity index (χ0v) is 8.97. The topological polar surface area (TPSA) is 38.0 Å². The van der Waals surface area contributed by atoms with Crippen LogP contribution in [0, 0.1) is 0 Å². The van der Waals surface area contributed by atoms with Crippen molar-refractivity contribution in [3.05, 3.63) is 41.6 Å². The van der Waals surface area contributed by atoms with Gasteiger partial charge in [0.1, 0.15) is 5.50 Å². The Balaban J connectivity index is 2.17. The van der Waals surface area contributed by atoms with Crippen LogP contribution in [-0.2, 0) is 6.42 Å². The minimum absolute atomic E-state index is 0.0100. The van der Waals surface area contributed by atoms with Gasteiger partial charge in [-0.2, -0.15) is 0 Å². The molecule has 0 amide bonds. The Kier molecular flexibility index (Phi) is 2.79. The molecule has 0 radical (unpaired) electrons. The summed E-state index contributed by atoms with van der Waals surface area (Å²) in [6.07, 6.45) is 3.07. The molecule has 0 saturated heterocycles. The summed E-state index contributed by atoms with van der Waals surface area (Å²) in [5.41, 5.74) is 8.34. The molecule has 3 heteroatoms.